The van der Waals surface area contributed by atoms with E-state index < -0.39 is 6.09 Å². The zero-order valence-electron chi connectivity index (χ0n) is 17.4. The molecule has 8 heteroatoms. The highest BCUT2D eigenvalue weighted by Gasteiger charge is 2.32. The Morgan fingerprint density at radius 2 is 1.81 bits per heavy atom. The average molecular weight is 423 g/mol. The fourth-order valence-electron chi connectivity index (χ4n) is 3.76. The summed E-state index contributed by atoms with van der Waals surface area (Å²) in [5.74, 6) is -0.163. The molecular formula is C23H25N3O5. The van der Waals surface area contributed by atoms with Crippen LogP contribution < -0.4 is 20.5 Å². The number of carbonyl (C=O) groups is 2. The molecule has 2 fully saturated rings. The molecule has 0 bridgehead atoms. The lowest BCUT2D eigenvalue weighted by atomic mass is 10.1. The summed E-state index contributed by atoms with van der Waals surface area (Å²) in [6.45, 7) is 4.73. The van der Waals surface area contributed by atoms with Gasteiger partial charge in [0.1, 0.15) is 6.10 Å². The molecule has 2 heterocycles. The quantitative estimate of drug-likeness (QED) is 0.792. The van der Waals surface area contributed by atoms with E-state index in [0.29, 0.717) is 44.2 Å². The van der Waals surface area contributed by atoms with Crippen LogP contribution in [-0.4, -0.2) is 57.5 Å². The van der Waals surface area contributed by atoms with Crippen LogP contribution in [0.5, 0.6) is 0 Å². The molecule has 31 heavy (non-hydrogen) atoms. The van der Waals surface area contributed by atoms with E-state index in [1.54, 1.807) is 6.07 Å². The Labute approximate surface area is 180 Å². The van der Waals surface area contributed by atoms with E-state index in [2.05, 4.69) is 10.2 Å². The number of hydrogen-bond donors (Lipinski definition) is 1. The lowest BCUT2D eigenvalue weighted by molar-refractivity contribution is -0.119. The summed E-state index contributed by atoms with van der Waals surface area (Å²) in [5.41, 5.74) is 3.04. The second kappa shape index (κ2) is 9.18. The zero-order chi connectivity index (χ0) is 21.8. The van der Waals surface area contributed by atoms with Crippen LogP contribution in [0, 0.1) is 0 Å². The van der Waals surface area contributed by atoms with E-state index >= 15 is 0 Å². The standard InChI is InChI=1S/C23H25N3O5/c1-16(27)24-14-20-15-26(23(29)31-20)19-7-5-17(6-8-19)18-3-2-4-21(22(28)13-18)25-9-11-30-12-10-25/h2-8,13,20H,9-12,14-15H2,1H3,(H,24,27). The Morgan fingerprint density at radius 3 is 2.52 bits per heavy atom. The maximum atomic E-state index is 12.8. The molecule has 8 nitrogen and oxygen atoms in total. The molecule has 0 radical (unpaired) electrons. The van der Waals surface area contributed by atoms with Crippen LogP contribution in [0.25, 0.3) is 11.1 Å². The van der Waals surface area contributed by atoms with Gasteiger partial charge in [0.15, 0.2) is 0 Å². The molecule has 1 unspecified atom stereocenters. The maximum absolute atomic E-state index is 12.8. The van der Waals surface area contributed by atoms with E-state index in [1.807, 2.05) is 42.5 Å². The van der Waals surface area contributed by atoms with Gasteiger partial charge >= 0.3 is 6.09 Å². The number of morpholine rings is 1. The van der Waals surface area contributed by atoms with Crippen molar-refractivity contribution >= 4 is 23.4 Å². The van der Waals surface area contributed by atoms with E-state index in [9.17, 15) is 14.4 Å². The van der Waals surface area contributed by atoms with Crippen molar-refractivity contribution < 1.29 is 19.1 Å². The predicted molar refractivity (Wildman–Crippen MR) is 117 cm³/mol. The van der Waals surface area contributed by atoms with Gasteiger partial charge in [0.2, 0.25) is 11.3 Å². The minimum absolute atomic E-state index is 0.0325. The Bertz CT molecular complexity index is 1020. The van der Waals surface area contributed by atoms with E-state index in [0.717, 1.165) is 11.1 Å². The first-order chi connectivity index (χ1) is 15.0. The van der Waals surface area contributed by atoms with E-state index in [1.165, 1.54) is 11.8 Å². The summed E-state index contributed by atoms with van der Waals surface area (Å²) in [7, 11) is 0. The molecule has 0 aromatic heterocycles. The average Bonchev–Trinajstić information content (AvgIpc) is 3.03. The summed E-state index contributed by atoms with van der Waals surface area (Å²) in [4.78, 5) is 39.6. The van der Waals surface area contributed by atoms with E-state index in [4.69, 9.17) is 9.47 Å². The first kappa shape index (κ1) is 20.9. The van der Waals surface area contributed by atoms with Gasteiger partial charge in [-0.05, 0) is 35.4 Å². The minimum atomic E-state index is -0.439. The second-order valence-corrected chi connectivity index (χ2v) is 7.57. The van der Waals surface area contributed by atoms with Crippen molar-refractivity contribution in [3.63, 3.8) is 0 Å². The highest BCUT2D eigenvalue weighted by Crippen LogP contribution is 2.26. The summed E-state index contributed by atoms with van der Waals surface area (Å²) in [5, 5.41) is 2.66. The Hall–Kier alpha value is -3.39. The number of nitrogens with zero attached hydrogens (tertiary/aromatic N) is 2. The molecule has 2 aliphatic rings. The maximum Gasteiger partial charge on any atom is 0.414 e. The normalized spacial score (nSPS) is 18.6. The van der Waals surface area contributed by atoms with Gasteiger partial charge in [-0.3, -0.25) is 14.5 Å². The number of cyclic esters (lactones) is 1. The van der Waals surface area contributed by atoms with Crippen LogP contribution in [0.15, 0.2) is 53.3 Å². The minimum Gasteiger partial charge on any atom is -0.442 e. The number of carbonyl (C=O) groups excluding carboxylic acids is 2. The third-order valence-corrected chi connectivity index (χ3v) is 5.39. The smallest absolute Gasteiger partial charge is 0.414 e. The Morgan fingerprint density at radius 1 is 1.06 bits per heavy atom. The SMILES string of the molecule is CC(=O)NCC1CN(c2ccc(-c3cccc(N4CCOCC4)c(=O)c3)cc2)C(=O)O1. The van der Waals surface area contributed by atoms with Gasteiger partial charge in [0, 0.05) is 25.7 Å². The van der Waals surface area contributed by atoms with Crippen LogP contribution in [0.4, 0.5) is 16.2 Å². The first-order valence-corrected chi connectivity index (χ1v) is 10.3. The molecule has 2 aromatic carbocycles. The van der Waals surface area contributed by atoms with Gasteiger partial charge in [0.25, 0.3) is 0 Å². The zero-order valence-corrected chi connectivity index (χ0v) is 17.4. The number of nitrogens with one attached hydrogen (secondary N) is 1. The molecule has 4 rings (SSSR count). The fourth-order valence-corrected chi connectivity index (χ4v) is 3.76. The summed E-state index contributed by atoms with van der Waals surface area (Å²) < 4.78 is 10.7. The molecule has 1 N–H and O–H groups in total. The van der Waals surface area contributed by atoms with Gasteiger partial charge < -0.3 is 19.7 Å². The third kappa shape index (κ3) is 4.86. The summed E-state index contributed by atoms with van der Waals surface area (Å²) in [6, 6.07) is 14.7. The van der Waals surface area contributed by atoms with Crippen molar-refractivity contribution in [2.24, 2.45) is 0 Å². The van der Waals surface area contributed by atoms with Gasteiger partial charge in [0.05, 0.1) is 32.0 Å². The molecule has 2 aliphatic heterocycles. The Balaban J connectivity index is 1.50. The highest BCUT2D eigenvalue weighted by atomic mass is 16.6. The molecule has 0 saturated carbocycles. The number of benzene rings is 1. The van der Waals surface area contributed by atoms with Gasteiger partial charge in [-0.1, -0.05) is 24.3 Å². The van der Waals surface area contributed by atoms with Gasteiger partial charge in [-0.15, -0.1) is 0 Å². The molecular weight excluding hydrogens is 398 g/mol. The number of anilines is 2. The topological polar surface area (TPSA) is 88.2 Å². The van der Waals surface area contributed by atoms with Crippen LogP contribution in [0.2, 0.25) is 0 Å². The molecule has 2 amide bonds. The van der Waals surface area contributed by atoms with Crippen molar-refractivity contribution in [1.29, 1.82) is 0 Å². The van der Waals surface area contributed by atoms with Gasteiger partial charge in [-0.25, -0.2) is 4.79 Å². The highest BCUT2D eigenvalue weighted by molar-refractivity contribution is 5.90. The third-order valence-electron chi connectivity index (χ3n) is 5.39. The fraction of sp³-hybridized carbons (Fsp3) is 0.348. The number of rotatable bonds is 5. The van der Waals surface area contributed by atoms with Crippen molar-refractivity contribution in [3.05, 3.63) is 58.8 Å². The summed E-state index contributed by atoms with van der Waals surface area (Å²) >= 11 is 0. The Kier molecular flexibility index (Phi) is 6.18. The van der Waals surface area contributed by atoms with Crippen molar-refractivity contribution in [2.45, 2.75) is 13.0 Å². The number of amides is 2. The molecule has 0 aliphatic carbocycles. The molecule has 1 atom stereocenters. The summed E-state index contributed by atoms with van der Waals surface area (Å²) in [6.07, 6.45) is -0.822. The number of ether oxygens (including phenoxy) is 2. The molecule has 2 aromatic rings. The lowest BCUT2D eigenvalue weighted by Crippen LogP contribution is -2.38. The van der Waals surface area contributed by atoms with Crippen molar-refractivity contribution in [2.75, 3.05) is 49.2 Å². The first-order valence-electron chi connectivity index (χ1n) is 10.3. The molecule has 162 valence electrons. The van der Waals surface area contributed by atoms with Crippen LogP contribution in [-0.2, 0) is 14.3 Å². The predicted octanol–water partition coefficient (Wildman–Crippen LogP) is 2.01. The monoisotopic (exact) mass is 423 g/mol. The van der Waals surface area contributed by atoms with E-state index in [-0.39, 0.29) is 24.0 Å². The second-order valence-electron chi connectivity index (χ2n) is 7.57. The number of hydrogen-bond acceptors (Lipinski definition) is 6. The molecule has 0 spiro atoms. The van der Waals surface area contributed by atoms with Crippen molar-refractivity contribution in [3.8, 4) is 11.1 Å². The largest absolute Gasteiger partial charge is 0.442 e. The lowest BCUT2D eigenvalue weighted by Gasteiger charge is -2.27. The van der Waals surface area contributed by atoms with Crippen LogP contribution in [0.3, 0.4) is 0 Å². The van der Waals surface area contributed by atoms with Crippen molar-refractivity contribution in [1.82, 2.24) is 5.32 Å². The van der Waals surface area contributed by atoms with Gasteiger partial charge in [-0.2, -0.15) is 0 Å². The van der Waals surface area contributed by atoms with Crippen LogP contribution in [0.1, 0.15) is 6.92 Å². The van der Waals surface area contributed by atoms with Crippen LogP contribution >= 0.6 is 0 Å². The molecule has 2 saturated heterocycles.